The number of aryl methyl sites for hydroxylation is 2. The van der Waals surface area contributed by atoms with Gasteiger partial charge in [0.25, 0.3) is 0 Å². The normalized spacial score (nSPS) is 10.8. The van der Waals surface area contributed by atoms with Crippen LogP contribution >= 0.6 is 0 Å². The van der Waals surface area contributed by atoms with Crippen LogP contribution in [0.4, 0.5) is 5.69 Å². The molecule has 0 bridgehead atoms. The van der Waals surface area contributed by atoms with Gasteiger partial charge in [-0.3, -0.25) is 4.68 Å². The van der Waals surface area contributed by atoms with E-state index in [9.17, 15) is 0 Å². The highest BCUT2D eigenvalue weighted by Gasteiger charge is 2.07. The Hall–Kier alpha value is -0.990. The molecule has 0 aliphatic heterocycles. The van der Waals surface area contributed by atoms with Gasteiger partial charge in [0.2, 0.25) is 0 Å². The van der Waals surface area contributed by atoms with E-state index in [0.717, 1.165) is 24.2 Å². The summed E-state index contributed by atoms with van der Waals surface area (Å²) in [6.07, 6.45) is 4.35. The molecule has 0 aliphatic rings. The van der Waals surface area contributed by atoms with E-state index in [1.807, 2.05) is 24.9 Å². The lowest BCUT2D eigenvalue weighted by Gasteiger charge is -2.14. The number of aromatic nitrogens is 2. The zero-order valence-corrected chi connectivity index (χ0v) is 8.96. The van der Waals surface area contributed by atoms with E-state index in [0.29, 0.717) is 6.04 Å². The van der Waals surface area contributed by atoms with Crippen molar-refractivity contribution >= 4 is 5.69 Å². The molecule has 1 rings (SSSR count). The zero-order chi connectivity index (χ0) is 9.84. The van der Waals surface area contributed by atoms with Crippen molar-refractivity contribution in [3.63, 3.8) is 0 Å². The molecule has 0 saturated carbocycles. The molecular weight excluding hydrogens is 162 g/mol. The van der Waals surface area contributed by atoms with Crippen LogP contribution in [0.3, 0.4) is 0 Å². The Balaban J connectivity index is 2.67. The summed E-state index contributed by atoms with van der Waals surface area (Å²) in [7, 11) is 1.95. The van der Waals surface area contributed by atoms with Gasteiger partial charge in [-0.15, -0.1) is 0 Å². The highest BCUT2D eigenvalue weighted by Crippen LogP contribution is 2.14. The molecule has 13 heavy (non-hydrogen) atoms. The van der Waals surface area contributed by atoms with Gasteiger partial charge in [-0.05, 0) is 19.8 Å². The molecule has 0 unspecified atom stereocenters. The first-order valence-electron chi connectivity index (χ1n) is 4.94. The summed E-state index contributed by atoms with van der Waals surface area (Å²) in [6.45, 7) is 6.43. The highest BCUT2D eigenvalue weighted by molar-refractivity contribution is 5.46. The predicted octanol–water partition coefficient (Wildman–Crippen LogP) is 2.33. The van der Waals surface area contributed by atoms with E-state index >= 15 is 0 Å². The van der Waals surface area contributed by atoms with Gasteiger partial charge in [0.15, 0.2) is 0 Å². The molecule has 3 nitrogen and oxygen atoms in total. The summed E-state index contributed by atoms with van der Waals surface area (Å²) in [5.41, 5.74) is 2.24. The Morgan fingerprint density at radius 2 is 2.08 bits per heavy atom. The van der Waals surface area contributed by atoms with Crippen LogP contribution in [0.25, 0.3) is 0 Å². The monoisotopic (exact) mass is 181 g/mol. The Bertz CT molecular complexity index is 261. The lowest BCUT2D eigenvalue weighted by atomic mass is 10.1. The molecule has 74 valence electrons. The van der Waals surface area contributed by atoms with Crippen LogP contribution in [0.1, 0.15) is 32.4 Å². The molecule has 0 saturated heterocycles. The third kappa shape index (κ3) is 2.47. The Morgan fingerprint density at radius 1 is 1.46 bits per heavy atom. The zero-order valence-electron chi connectivity index (χ0n) is 8.96. The maximum atomic E-state index is 4.29. The first kappa shape index (κ1) is 10.1. The number of nitrogens with zero attached hydrogens (tertiary/aromatic N) is 2. The van der Waals surface area contributed by atoms with E-state index in [4.69, 9.17) is 0 Å². The third-order valence-corrected chi connectivity index (χ3v) is 2.36. The first-order chi connectivity index (χ1) is 6.17. The maximum Gasteiger partial charge on any atom is 0.0825 e. The molecule has 3 heteroatoms. The molecule has 0 aliphatic carbocycles. The number of hydrogen-bond acceptors (Lipinski definition) is 2. The number of anilines is 1. The van der Waals surface area contributed by atoms with Crippen molar-refractivity contribution in [2.45, 2.75) is 39.7 Å². The summed E-state index contributed by atoms with van der Waals surface area (Å²) in [4.78, 5) is 0. The average Bonchev–Trinajstić information content (AvgIpc) is 2.41. The van der Waals surface area contributed by atoms with Crippen LogP contribution in [-0.2, 0) is 7.05 Å². The predicted molar refractivity (Wildman–Crippen MR) is 55.9 cm³/mol. The van der Waals surface area contributed by atoms with E-state index in [2.05, 4.69) is 24.3 Å². The summed E-state index contributed by atoms with van der Waals surface area (Å²) in [5.74, 6) is 0. The van der Waals surface area contributed by atoms with Crippen molar-refractivity contribution in [3.8, 4) is 0 Å². The summed E-state index contributed by atoms with van der Waals surface area (Å²) < 4.78 is 1.85. The SMILES string of the molecule is CCC(CC)Nc1cn(C)nc1C. The molecule has 0 aromatic carbocycles. The van der Waals surface area contributed by atoms with Gasteiger partial charge in [0.1, 0.15) is 0 Å². The first-order valence-corrected chi connectivity index (χ1v) is 4.94. The lowest BCUT2D eigenvalue weighted by Crippen LogP contribution is -2.17. The third-order valence-electron chi connectivity index (χ3n) is 2.36. The van der Waals surface area contributed by atoms with Crippen molar-refractivity contribution in [1.82, 2.24) is 9.78 Å². The highest BCUT2D eigenvalue weighted by atomic mass is 15.3. The summed E-state index contributed by atoms with van der Waals surface area (Å²) >= 11 is 0. The summed E-state index contributed by atoms with van der Waals surface area (Å²) in [6, 6.07) is 0.572. The number of hydrogen-bond donors (Lipinski definition) is 1. The molecule has 1 aromatic rings. The fourth-order valence-corrected chi connectivity index (χ4v) is 1.45. The van der Waals surface area contributed by atoms with Gasteiger partial charge in [-0.2, -0.15) is 5.10 Å². The van der Waals surface area contributed by atoms with Crippen LogP contribution in [0.2, 0.25) is 0 Å². The van der Waals surface area contributed by atoms with Gasteiger partial charge in [0.05, 0.1) is 11.4 Å². The van der Waals surface area contributed by atoms with Gasteiger partial charge < -0.3 is 5.32 Å². The second-order valence-electron chi connectivity index (χ2n) is 3.46. The van der Waals surface area contributed by atoms with E-state index < -0.39 is 0 Å². The molecular formula is C10H19N3. The number of nitrogens with one attached hydrogen (secondary N) is 1. The molecule has 1 aromatic heterocycles. The van der Waals surface area contributed by atoms with Crippen LogP contribution in [0.5, 0.6) is 0 Å². The molecule has 1 heterocycles. The minimum atomic E-state index is 0.572. The van der Waals surface area contributed by atoms with Crippen molar-refractivity contribution in [2.75, 3.05) is 5.32 Å². The Morgan fingerprint density at radius 3 is 2.46 bits per heavy atom. The minimum absolute atomic E-state index is 0.572. The minimum Gasteiger partial charge on any atom is -0.380 e. The summed E-state index contributed by atoms with van der Waals surface area (Å²) in [5, 5.41) is 7.77. The van der Waals surface area contributed by atoms with Crippen LogP contribution in [-0.4, -0.2) is 15.8 Å². The van der Waals surface area contributed by atoms with E-state index in [1.54, 1.807) is 0 Å². The standard InChI is InChI=1S/C10H19N3/c1-5-9(6-2)11-10-7-13(4)12-8(10)3/h7,9,11H,5-6H2,1-4H3. The van der Waals surface area contributed by atoms with Crippen molar-refractivity contribution < 1.29 is 0 Å². The second-order valence-corrected chi connectivity index (χ2v) is 3.46. The molecule has 0 atom stereocenters. The fourth-order valence-electron chi connectivity index (χ4n) is 1.45. The topological polar surface area (TPSA) is 29.9 Å². The van der Waals surface area contributed by atoms with Gasteiger partial charge in [0, 0.05) is 19.3 Å². The quantitative estimate of drug-likeness (QED) is 0.772. The van der Waals surface area contributed by atoms with Crippen molar-refractivity contribution in [1.29, 1.82) is 0 Å². The fraction of sp³-hybridized carbons (Fsp3) is 0.700. The van der Waals surface area contributed by atoms with E-state index in [-0.39, 0.29) is 0 Å². The number of rotatable bonds is 4. The lowest BCUT2D eigenvalue weighted by molar-refractivity contribution is 0.671. The molecule has 1 N–H and O–H groups in total. The van der Waals surface area contributed by atoms with Gasteiger partial charge in [-0.1, -0.05) is 13.8 Å². The average molecular weight is 181 g/mol. The van der Waals surface area contributed by atoms with E-state index in [1.165, 1.54) is 0 Å². The maximum absolute atomic E-state index is 4.29. The Labute approximate surface area is 80.1 Å². The second kappa shape index (κ2) is 4.30. The molecule has 0 radical (unpaired) electrons. The van der Waals surface area contributed by atoms with Crippen molar-refractivity contribution in [2.24, 2.45) is 7.05 Å². The largest absolute Gasteiger partial charge is 0.380 e. The van der Waals surface area contributed by atoms with Crippen LogP contribution in [0, 0.1) is 6.92 Å². The molecule has 0 spiro atoms. The Kier molecular flexibility index (Phi) is 3.34. The van der Waals surface area contributed by atoms with Crippen LogP contribution in [0.15, 0.2) is 6.20 Å². The molecule has 0 fully saturated rings. The van der Waals surface area contributed by atoms with Gasteiger partial charge >= 0.3 is 0 Å². The molecule has 0 amide bonds. The van der Waals surface area contributed by atoms with Crippen molar-refractivity contribution in [3.05, 3.63) is 11.9 Å². The van der Waals surface area contributed by atoms with Crippen LogP contribution < -0.4 is 5.32 Å². The smallest absolute Gasteiger partial charge is 0.0825 e. The van der Waals surface area contributed by atoms with Gasteiger partial charge in [-0.25, -0.2) is 0 Å².